The molecule has 0 aliphatic heterocycles. The Hall–Kier alpha value is -3.38. The smallest absolute Gasteiger partial charge is 0.175 e. The maximum absolute atomic E-state index is 5.40. The number of benzene rings is 3. The first kappa shape index (κ1) is 18.0. The third-order valence-corrected chi connectivity index (χ3v) is 4.64. The monoisotopic (exact) mass is 388 g/mol. The molecule has 5 nitrogen and oxygen atoms in total. The Morgan fingerprint density at radius 3 is 2.68 bits per heavy atom. The van der Waals surface area contributed by atoms with Crippen molar-refractivity contribution in [3.8, 4) is 5.75 Å². The highest BCUT2D eigenvalue weighted by Gasteiger charge is 2.05. The Balaban J connectivity index is 1.43. The first-order chi connectivity index (χ1) is 13.7. The van der Waals surface area contributed by atoms with Crippen LogP contribution in [0.5, 0.6) is 5.75 Å². The first-order valence-electron chi connectivity index (χ1n) is 8.92. The van der Waals surface area contributed by atoms with Crippen LogP contribution < -0.4 is 15.4 Å². The van der Waals surface area contributed by atoms with Crippen molar-refractivity contribution in [3.05, 3.63) is 84.7 Å². The molecule has 4 aromatic rings. The molecule has 1 aromatic heterocycles. The second kappa shape index (κ2) is 8.10. The summed E-state index contributed by atoms with van der Waals surface area (Å²) >= 11 is 5.40. The van der Waals surface area contributed by atoms with Gasteiger partial charge < -0.3 is 15.4 Å². The minimum Gasteiger partial charge on any atom is -0.497 e. The van der Waals surface area contributed by atoms with Gasteiger partial charge in [0.05, 0.1) is 25.5 Å². The Kier molecular flexibility index (Phi) is 5.21. The maximum Gasteiger partial charge on any atom is 0.175 e. The summed E-state index contributed by atoms with van der Waals surface area (Å²) in [4.78, 5) is 0. The molecule has 0 saturated heterocycles. The predicted octanol–water partition coefficient (Wildman–Crippen LogP) is 4.90. The van der Waals surface area contributed by atoms with Gasteiger partial charge in [-0.25, -0.2) is 0 Å². The number of rotatable bonds is 5. The van der Waals surface area contributed by atoms with Gasteiger partial charge in [0.15, 0.2) is 5.11 Å². The molecule has 4 rings (SSSR count). The van der Waals surface area contributed by atoms with E-state index in [-0.39, 0.29) is 0 Å². The molecule has 0 fully saturated rings. The molecular weight excluding hydrogens is 368 g/mol. The van der Waals surface area contributed by atoms with Gasteiger partial charge in [-0.2, -0.15) is 5.10 Å². The van der Waals surface area contributed by atoms with Crippen LogP contribution in [0, 0.1) is 0 Å². The van der Waals surface area contributed by atoms with Crippen molar-refractivity contribution in [1.82, 2.24) is 9.78 Å². The van der Waals surface area contributed by atoms with Crippen LogP contribution in [-0.2, 0) is 6.54 Å². The fourth-order valence-electron chi connectivity index (χ4n) is 3.11. The number of nitrogens with zero attached hydrogens (tertiary/aromatic N) is 2. The van der Waals surface area contributed by atoms with Crippen molar-refractivity contribution in [3.63, 3.8) is 0 Å². The Labute approximate surface area is 169 Å². The summed E-state index contributed by atoms with van der Waals surface area (Å²) < 4.78 is 7.13. The quantitative estimate of drug-likeness (QED) is 0.476. The third-order valence-electron chi connectivity index (χ3n) is 4.43. The lowest BCUT2D eigenvalue weighted by Gasteiger charge is -2.10. The van der Waals surface area contributed by atoms with Gasteiger partial charge in [0, 0.05) is 18.0 Å². The number of methoxy groups -OCH3 is 1. The highest BCUT2D eigenvalue weighted by atomic mass is 32.1. The van der Waals surface area contributed by atoms with Crippen molar-refractivity contribution < 1.29 is 4.74 Å². The van der Waals surface area contributed by atoms with Crippen molar-refractivity contribution in [2.24, 2.45) is 0 Å². The third kappa shape index (κ3) is 4.13. The molecule has 28 heavy (non-hydrogen) atoms. The van der Waals surface area contributed by atoms with Gasteiger partial charge in [-0.05, 0) is 40.7 Å². The van der Waals surface area contributed by atoms with E-state index < -0.39 is 0 Å². The van der Waals surface area contributed by atoms with Crippen LogP contribution in [0.1, 0.15) is 5.56 Å². The molecule has 0 amide bonds. The van der Waals surface area contributed by atoms with E-state index in [1.165, 1.54) is 16.3 Å². The lowest BCUT2D eigenvalue weighted by Crippen LogP contribution is -2.18. The molecule has 0 bridgehead atoms. The number of hydrogen-bond acceptors (Lipinski definition) is 3. The topological polar surface area (TPSA) is 51.1 Å². The number of aromatic nitrogens is 2. The van der Waals surface area contributed by atoms with Gasteiger partial charge in [-0.1, -0.05) is 48.5 Å². The van der Waals surface area contributed by atoms with E-state index in [0.29, 0.717) is 11.7 Å². The van der Waals surface area contributed by atoms with Crippen molar-refractivity contribution in [2.75, 3.05) is 17.7 Å². The van der Waals surface area contributed by atoms with Crippen LogP contribution in [0.25, 0.3) is 10.8 Å². The van der Waals surface area contributed by atoms with E-state index in [2.05, 4.69) is 58.2 Å². The molecule has 1 heterocycles. The van der Waals surface area contributed by atoms with E-state index >= 15 is 0 Å². The molecule has 0 radical (unpaired) electrons. The van der Waals surface area contributed by atoms with Crippen LogP contribution in [0.2, 0.25) is 0 Å². The average molecular weight is 388 g/mol. The summed E-state index contributed by atoms with van der Waals surface area (Å²) in [7, 11) is 1.64. The largest absolute Gasteiger partial charge is 0.497 e. The van der Waals surface area contributed by atoms with Crippen molar-refractivity contribution in [2.45, 2.75) is 6.54 Å². The van der Waals surface area contributed by atoms with Gasteiger partial charge >= 0.3 is 0 Å². The second-order valence-electron chi connectivity index (χ2n) is 6.38. The van der Waals surface area contributed by atoms with Crippen LogP contribution in [0.15, 0.2) is 79.1 Å². The van der Waals surface area contributed by atoms with Gasteiger partial charge in [0.25, 0.3) is 0 Å². The summed E-state index contributed by atoms with van der Waals surface area (Å²) in [5, 5.41) is 13.7. The first-order valence-corrected chi connectivity index (χ1v) is 9.33. The molecule has 0 saturated carbocycles. The Morgan fingerprint density at radius 1 is 1.00 bits per heavy atom. The Bertz CT molecular complexity index is 1120. The van der Waals surface area contributed by atoms with E-state index in [9.17, 15) is 0 Å². The van der Waals surface area contributed by atoms with Crippen LogP contribution in [0.3, 0.4) is 0 Å². The van der Waals surface area contributed by atoms with Crippen LogP contribution in [-0.4, -0.2) is 22.0 Å². The molecule has 140 valence electrons. The SMILES string of the molecule is COc1cccc(NC(=S)Nc2cnn(Cc3cccc4ccccc34)c2)c1. The van der Waals surface area contributed by atoms with E-state index in [1.807, 2.05) is 35.1 Å². The summed E-state index contributed by atoms with van der Waals surface area (Å²) in [5.74, 6) is 0.774. The summed E-state index contributed by atoms with van der Waals surface area (Å²) in [6, 6.07) is 22.3. The lowest BCUT2D eigenvalue weighted by molar-refractivity contribution is 0.415. The van der Waals surface area contributed by atoms with Crippen LogP contribution in [0.4, 0.5) is 11.4 Å². The van der Waals surface area contributed by atoms with Gasteiger partial charge in [-0.3, -0.25) is 4.68 Å². The molecule has 3 aromatic carbocycles. The normalized spacial score (nSPS) is 10.6. The molecule has 0 spiro atoms. The van der Waals surface area contributed by atoms with Crippen molar-refractivity contribution >= 4 is 39.5 Å². The van der Waals surface area contributed by atoms with E-state index in [0.717, 1.165) is 17.1 Å². The highest BCUT2D eigenvalue weighted by molar-refractivity contribution is 7.80. The maximum atomic E-state index is 5.40. The fraction of sp³-hybridized carbons (Fsp3) is 0.0909. The second-order valence-corrected chi connectivity index (χ2v) is 6.78. The molecule has 2 N–H and O–H groups in total. The van der Waals surface area contributed by atoms with E-state index in [1.54, 1.807) is 13.3 Å². The average Bonchev–Trinajstić information content (AvgIpc) is 3.15. The standard InChI is InChI=1S/C22H20N4OS/c1-27-20-10-5-9-18(12-20)24-22(28)25-19-13-23-26(15-19)14-17-8-4-7-16-6-2-3-11-21(16)17/h2-13,15H,14H2,1H3,(H2,24,25,28). The molecule has 0 aliphatic rings. The molecule has 6 heteroatoms. The number of nitrogens with one attached hydrogen (secondary N) is 2. The number of thiocarbonyl (C=S) groups is 1. The number of hydrogen-bond donors (Lipinski definition) is 2. The highest BCUT2D eigenvalue weighted by Crippen LogP contribution is 2.20. The summed E-state index contributed by atoms with van der Waals surface area (Å²) in [6.45, 7) is 0.694. The van der Waals surface area contributed by atoms with E-state index in [4.69, 9.17) is 17.0 Å². The number of ether oxygens (including phenoxy) is 1. The molecule has 0 unspecified atom stereocenters. The van der Waals surface area contributed by atoms with Gasteiger partial charge in [-0.15, -0.1) is 0 Å². The molecule has 0 atom stereocenters. The Morgan fingerprint density at radius 2 is 1.79 bits per heavy atom. The zero-order valence-corrected chi connectivity index (χ0v) is 16.2. The predicted molar refractivity (Wildman–Crippen MR) is 118 cm³/mol. The minimum atomic E-state index is 0.498. The van der Waals surface area contributed by atoms with Crippen LogP contribution >= 0.6 is 12.2 Å². The molecular formula is C22H20N4OS. The fourth-order valence-corrected chi connectivity index (χ4v) is 3.35. The number of anilines is 2. The zero-order valence-electron chi connectivity index (χ0n) is 15.4. The van der Waals surface area contributed by atoms with Gasteiger partial charge in [0.1, 0.15) is 5.75 Å². The lowest BCUT2D eigenvalue weighted by atomic mass is 10.0. The number of fused-ring (bicyclic) bond motifs is 1. The van der Waals surface area contributed by atoms with Crippen molar-refractivity contribution in [1.29, 1.82) is 0 Å². The minimum absolute atomic E-state index is 0.498. The summed E-state index contributed by atoms with van der Waals surface area (Å²) in [5.41, 5.74) is 2.92. The zero-order chi connectivity index (χ0) is 19.3. The van der Waals surface area contributed by atoms with Gasteiger partial charge in [0.2, 0.25) is 0 Å². The summed E-state index contributed by atoms with van der Waals surface area (Å²) in [6.07, 6.45) is 3.71. The molecule has 0 aliphatic carbocycles.